The molecule has 1 aliphatic heterocycles. The van der Waals surface area contributed by atoms with E-state index in [0.29, 0.717) is 0 Å². The van der Waals surface area contributed by atoms with Crippen LogP contribution in [-0.2, 0) is 11.1 Å². The minimum absolute atomic E-state index is 0.167. The van der Waals surface area contributed by atoms with Crippen molar-refractivity contribution in [1.82, 2.24) is 0 Å². The highest BCUT2D eigenvalue weighted by Crippen LogP contribution is 2.90. The Morgan fingerprint density at radius 2 is 0.386 bits per heavy atom. The Morgan fingerprint density at radius 3 is 0.529 bits per heavy atom. The number of hydrogen-bond acceptors (Lipinski definition) is 3. The molecule has 0 N–H and O–H groups in total. The van der Waals surface area contributed by atoms with E-state index in [9.17, 15) is 10.1 Å². The summed E-state index contributed by atoms with van der Waals surface area (Å²) in [6.45, 7) is 0. The molecule has 0 radical (unpaired) electrons. The number of nitrogens with zero attached hydrogens (tertiary/aromatic N) is 2. The van der Waals surface area contributed by atoms with E-state index in [-0.39, 0.29) is 10.6 Å². The third kappa shape index (κ3) is 1.28. The van der Waals surface area contributed by atoms with Crippen LogP contribution in [0.25, 0.3) is 291 Å². The minimum Gasteiger partial charge on any atom is -0.338 e. The van der Waals surface area contributed by atoms with Crippen molar-refractivity contribution >= 4 is 302 Å². The van der Waals surface area contributed by atoms with Crippen LogP contribution in [0.4, 0.5) is 11.4 Å². The van der Waals surface area contributed by atoms with Crippen LogP contribution >= 0.6 is 0 Å². The summed E-state index contributed by atoms with van der Waals surface area (Å²) in [5.74, 6) is 0. The number of rotatable bonds is 2. The van der Waals surface area contributed by atoms with Crippen molar-refractivity contribution in [3.05, 3.63) is 56.6 Å². The highest BCUT2D eigenvalue weighted by atomic mass is 16.6. The molecule has 290 valence electrons. The predicted octanol–water partition coefficient (Wildman–Crippen LogP) is 17.6. The maximum Gasteiger partial charge on any atom is 0.269 e. The van der Waals surface area contributed by atoms with Gasteiger partial charge in [0.1, 0.15) is 11.1 Å². The van der Waals surface area contributed by atoms with Crippen LogP contribution in [-0.4, -0.2) is 4.92 Å². The molecule has 29 aromatic carbocycles. The van der Waals surface area contributed by atoms with Crippen LogP contribution in [0.3, 0.4) is 0 Å². The molecule has 29 aromatic rings. The molecule has 2 spiro atoms. The summed E-state index contributed by atoms with van der Waals surface area (Å²) < 4.78 is 0. The average molecular weight is 857 g/mol. The Morgan fingerprint density at radius 1 is 0.243 bits per heavy atom. The van der Waals surface area contributed by atoms with Crippen molar-refractivity contribution < 1.29 is 4.92 Å². The maximum absolute atomic E-state index is 12.5. The summed E-state index contributed by atoms with van der Waals surface area (Å²) in [5.41, 5.74) is 6.73. The average Bonchev–Trinajstić information content (AvgIpc) is 4.23. The normalized spacial score (nSPS) is 22.2. The lowest BCUT2D eigenvalue weighted by Crippen LogP contribution is -2.27. The van der Waals surface area contributed by atoms with E-state index >= 15 is 0 Å². The van der Waals surface area contributed by atoms with E-state index < -0.39 is 11.1 Å². The first-order chi connectivity index (χ1) is 34.8. The topological polar surface area (TPSA) is 46.1 Å². The van der Waals surface area contributed by atoms with Crippen LogP contribution < -0.4 is 4.90 Å². The van der Waals surface area contributed by atoms with Crippen LogP contribution in [0.15, 0.2) is 24.3 Å². The summed E-state index contributed by atoms with van der Waals surface area (Å²) in [6, 6.07) is 7.90. The first-order valence-corrected chi connectivity index (χ1v) is 25.6. The van der Waals surface area contributed by atoms with Gasteiger partial charge >= 0.3 is 0 Å². The van der Waals surface area contributed by atoms with Crippen molar-refractivity contribution in [3.63, 3.8) is 0 Å². The van der Waals surface area contributed by atoms with Crippen LogP contribution in [0.5, 0.6) is 0 Å². The first-order valence-electron chi connectivity index (χ1n) is 25.6. The van der Waals surface area contributed by atoms with E-state index in [0.717, 1.165) is 5.69 Å². The van der Waals surface area contributed by atoms with Crippen LogP contribution in [0, 0.1) is 10.1 Å². The van der Waals surface area contributed by atoms with Crippen LogP contribution in [0.2, 0.25) is 0 Å². The van der Waals surface area contributed by atoms with Gasteiger partial charge in [-0.2, -0.15) is 0 Å². The fourth-order valence-corrected chi connectivity index (χ4v) is 25.1. The molecule has 1 heterocycles. The van der Waals surface area contributed by atoms with Gasteiger partial charge in [0.15, 0.2) is 0 Å². The Hall–Kier alpha value is -9.12. The largest absolute Gasteiger partial charge is 0.338 e. The molecule has 34 rings (SSSR count). The molecule has 0 atom stereocenters. The Labute approximate surface area is 377 Å². The minimum atomic E-state index is -0.478. The van der Waals surface area contributed by atoms with Crippen molar-refractivity contribution in [3.8, 4) is 0 Å². The highest BCUT2D eigenvalue weighted by Gasteiger charge is 2.86. The van der Waals surface area contributed by atoms with Gasteiger partial charge in [-0.3, -0.25) is 10.1 Å². The van der Waals surface area contributed by atoms with Gasteiger partial charge < -0.3 is 4.90 Å². The molecule has 0 bridgehead atoms. The van der Waals surface area contributed by atoms with Crippen molar-refractivity contribution in [2.24, 2.45) is 0 Å². The molecule has 4 heteroatoms. The lowest BCUT2D eigenvalue weighted by molar-refractivity contribution is -0.384. The molecule has 4 aliphatic carbocycles. The fraction of sp³-hybridized carbons (Fsp3) is 0.0303. The Bertz CT molecular complexity index is 6890. The summed E-state index contributed by atoms with van der Waals surface area (Å²) in [5, 5.41) is 98.7. The third-order valence-corrected chi connectivity index (χ3v) is 25.2. The monoisotopic (exact) mass is 856 g/mol. The van der Waals surface area contributed by atoms with Gasteiger partial charge in [-0.15, -0.1) is 0 Å². The second kappa shape index (κ2) is 5.58. The molecule has 0 amide bonds. The number of hydrogen-bond donors (Lipinski definition) is 0. The van der Waals surface area contributed by atoms with Gasteiger partial charge in [-0.05, 0) is 303 Å². The summed E-state index contributed by atoms with van der Waals surface area (Å²) in [4.78, 5) is 15.2. The summed E-state index contributed by atoms with van der Waals surface area (Å²) in [6.07, 6.45) is 0. The van der Waals surface area contributed by atoms with E-state index in [1.165, 1.54) is 0 Å². The van der Waals surface area contributed by atoms with E-state index in [1.807, 2.05) is 12.1 Å². The van der Waals surface area contributed by atoms with E-state index in [4.69, 9.17) is 0 Å². The molecule has 5 aliphatic rings. The molecular weight excluding hydrogens is 853 g/mol. The van der Waals surface area contributed by atoms with Gasteiger partial charge in [0.05, 0.1) is 4.92 Å². The van der Waals surface area contributed by atoms with Crippen LogP contribution in [0.1, 0.15) is 22.3 Å². The number of nitro groups is 1. The van der Waals surface area contributed by atoms with Gasteiger partial charge in [0.25, 0.3) is 5.69 Å². The SMILES string of the molecule is O=[N+]([O-])c1ccc(N2C34c5c6c7c8c9c%10c(c%11c%12c3c3c5c5c%13c6c6c7c7c9c9c%14c%10c%10c%11c%11c%12c%12c3c3c5c5c%13c%13c6c6c7c9c7c9c%14c%10c%10c%11c%11c%12c3c3c5c5c%13c6c7c6c9c%10c%11c3c56)C824)cc1. The zero-order valence-corrected chi connectivity index (χ0v) is 35.0. The lowest BCUT2D eigenvalue weighted by atomic mass is 9.68. The molecular formula is C66H4N2O2. The molecule has 0 aromatic heterocycles. The number of benzene rings is 19. The second-order valence-electron chi connectivity index (χ2n) is 25.3. The van der Waals surface area contributed by atoms with Gasteiger partial charge in [0.2, 0.25) is 0 Å². The molecule has 1 fully saturated rings. The van der Waals surface area contributed by atoms with E-state index in [1.54, 1.807) is 313 Å². The second-order valence-corrected chi connectivity index (χ2v) is 25.3. The number of nitro benzene ring substituents is 1. The first kappa shape index (κ1) is 25.3. The number of non-ortho nitro benzene ring substituents is 1. The van der Waals surface area contributed by atoms with Crippen molar-refractivity contribution in [2.75, 3.05) is 4.90 Å². The maximum atomic E-state index is 12.5. The fourth-order valence-electron chi connectivity index (χ4n) is 25.1. The molecule has 0 unspecified atom stereocenters. The van der Waals surface area contributed by atoms with Gasteiger partial charge in [-0.1, -0.05) is 0 Å². The standard InChI is InChI=1S/C66H4N2O2/c69-68(70)6-3-1-5(2-4-6)67-65-61-53-45-35-25-17-9-7-8-11-15-13(9)21-29-23(15)33-27-19(11)20-12(8)16-14-10(7)18(17)26-32-22(14)30-24(16)34-28(20)38-37(27)47-41(33)51-43(29)49(39(45)31(21)25)57(61)59(51)63-55(47)56-48(38)42(34)52-44(30)50-40(32)46(36(26)35)54(53)62(65)58(50)60(52)64(56)66(63,65)67/h1-4H. The van der Waals surface area contributed by atoms with Crippen molar-refractivity contribution in [1.29, 1.82) is 0 Å². The quantitative estimate of drug-likeness (QED) is 0.0753. The van der Waals surface area contributed by atoms with E-state index in [2.05, 4.69) is 17.0 Å². The van der Waals surface area contributed by atoms with Gasteiger partial charge in [-0.25, -0.2) is 0 Å². The van der Waals surface area contributed by atoms with Gasteiger partial charge in [0, 0.05) is 40.1 Å². The third-order valence-electron chi connectivity index (χ3n) is 25.2. The summed E-state index contributed by atoms with van der Waals surface area (Å²) in [7, 11) is 0. The Balaban J connectivity index is 1.15. The van der Waals surface area contributed by atoms with Crippen molar-refractivity contribution in [2.45, 2.75) is 11.1 Å². The lowest BCUT2D eigenvalue weighted by Gasteiger charge is -2.29. The zero-order chi connectivity index (χ0) is 41.6. The molecule has 1 saturated heterocycles. The molecule has 4 nitrogen and oxygen atoms in total. The Kier molecular flexibility index (Phi) is 2.02. The predicted molar refractivity (Wildman–Crippen MR) is 289 cm³/mol. The number of anilines is 1. The molecule has 70 heavy (non-hydrogen) atoms. The molecule has 0 saturated carbocycles. The highest BCUT2D eigenvalue weighted by molar-refractivity contribution is 6.82. The zero-order valence-electron chi connectivity index (χ0n) is 35.0. The smallest absolute Gasteiger partial charge is 0.269 e. The summed E-state index contributed by atoms with van der Waals surface area (Å²) >= 11 is 0.